The number of ether oxygens (including phenoxy) is 1. The molecule has 0 atom stereocenters. The van der Waals surface area contributed by atoms with E-state index < -0.39 is 0 Å². The molecule has 1 aliphatic rings. The lowest BCUT2D eigenvalue weighted by molar-refractivity contribution is 0.337. The average Bonchev–Trinajstić information content (AvgIpc) is 2.83. The first-order chi connectivity index (χ1) is 8.22. The number of pyridine rings is 1. The van der Waals surface area contributed by atoms with Crippen molar-refractivity contribution in [2.75, 3.05) is 12.8 Å². The minimum Gasteiger partial charge on any atom is -0.504 e. The van der Waals surface area contributed by atoms with Crippen LogP contribution in [0.25, 0.3) is 5.57 Å². The van der Waals surface area contributed by atoms with Gasteiger partial charge in [0.25, 0.3) is 0 Å². The molecule has 2 rings (SSSR count). The zero-order valence-corrected chi connectivity index (χ0v) is 11.5. The summed E-state index contributed by atoms with van der Waals surface area (Å²) in [5.74, 6) is 1.12. The van der Waals surface area contributed by atoms with Gasteiger partial charge in [-0.05, 0) is 40.8 Å². The third-order valence-corrected chi connectivity index (χ3v) is 3.67. The number of hydrogen-bond acceptors (Lipinski definition) is 3. The summed E-state index contributed by atoms with van der Waals surface area (Å²) in [6.07, 6.45) is 8.52. The van der Waals surface area contributed by atoms with Crippen molar-refractivity contribution in [2.24, 2.45) is 5.92 Å². The smallest absolute Gasteiger partial charge is 0.131 e. The van der Waals surface area contributed by atoms with Gasteiger partial charge in [0.1, 0.15) is 5.82 Å². The predicted octanol–water partition coefficient (Wildman–Crippen LogP) is 3.60. The van der Waals surface area contributed by atoms with Gasteiger partial charge in [0, 0.05) is 21.8 Å². The number of allylic oxidation sites excluding steroid dienone is 1. The maximum atomic E-state index is 5.96. The van der Waals surface area contributed by atoms with E-state index in [4.69, 9.17) is 10.5 Å². The van der Waals surface area contributed by atoms with Crippen molar-refractivity contribution in [3.63, 3.8) is 0 Å². The van der Waals surface area contributed by atoms with Crippen molar-refractivity contribution < 1.29 is 4.74 Å². The quantitative estimate of drug-likeness (QED) is 0.867. The van der Waals surface area contributed by atoms with Gasteiger partial charge in [-0.25, -0.2) is 4.98 Å². The molecule has 4 heteroatoms. The van der Waals surface area contributed by atoms with Crippen LogP contribution in [0.4, 0.5) is 5.82 Å². The Hall–Kier alpha value is -1.03. The van der Waals surface area contributed by atoms with E-state index in [-0.39, 0.29) is 0 Å². The second-order valence-corrected chi connectivity index (χ2v) is 5.29. The molecule has 0 unspecified atom stereocenters. The maximum absolute atomic E-state index is 5.96. The zero-order chi connectivity index (χ0) is 12.3. The Balaban J connectivity index is 2.38. The molecular weight excluding hydrogens is 280 g/mol. The summed E-state index contributed by atoms with van der Waals surface area (Å²) in [4.78, 5) is 4.19. The van der Waals surface area contributed by atoms with Gasteiger partial charge in [0.05, 0.1) is 13.4 Å². The molecule has 0 radical (unpaired) electrons. The van der Waals surface area contributed by atoms with Crippen LogP contribution < -0.4 is 5.73 Å². The number of anilines is 1. The second-order valence-electron chi connectivity index (χ2n) is 4.38. The molecule has 0 bridgehead atoms. The van der Waals surface area contributed by atoms with Crippen molar-refractivity contribution in [3.05, 3.63) is 28.6 Å². The first-order valence-electron chi connectivity index (χ1n) is 5.86. The van der Waals surface area contributed by atoms with Crippen molar-refractivity contribution in [1.82, 2.24) is 4.98 Å². The van der Waals surface area contributed by atoms with Crippen LogP contribution in [0.3, 0.4) is 0 Å². The molecule has 92 valence electrons. The molecule has 1 aromatic heterocycles. The molecule has 1 aromatic rings. The molecule has 0 aromatic carbocycles. The fourth-order valence-corrected chi connectivity index (χ4v) is 2.76. The summed E-state index contributed by atoms with van der Waals surface area (Å²) in [5, 5.41) is 0. The SMILES string of the molecule is CO/C=C(/c1cc(Br)cnc1N)C1CCCC1. The summed E-state index contributed by atoms with van der Waals surface area (Å²) < 4.78 is 6.15. The van der Waals surface area contributed by atoms with Crippen LogP contribution in [-0.4, -0.2) is 12.1 Å². The number of hydrogen-bond donors (Lipinski definition) is 1. The molecule has 1 fully saturated rings. The van der Waals surface area contributed by atoms with E-state index in [1.807, 2.05) is 12.3 Å². The van der Waals surface area contributed by atoms with E-state index in [0.29, 0.717) is 11.7 Å². The summed E-state index contributed by atoms with van der Waals surface area (Å²) in [6.45, 7) is 0. The number of aromatic nitrogens is 1. The van der Waals surface area contributed by atoms with Gasteiger partial charge in [0.15, 0.2) is 0 Å². The van der Waals surface area contributed by atoms with Gasteiger partial charge in [-0.15, -0.1) is 0 Å². The van der Waals surface area contributed by atoms with E-state index in [1.54, 1.807) is 13.3 Å². The number of nitrogen functional groups attached to an aromatic ring is 1. The highest BCUT2D eigenvalue weighted by atomic mass is 79.9. The predicted molar refractivity (Wildman–Crippen MR) is 73.3 cm³/mol. The number of halogens is 1. The standard InChI is InChI=1S/C13H17BrN2O/c1-17-8-12(9-4-2-3-5-9)11-6-10(14)7-16-13(11)15/h6-9H,2-5H2,1H3,(H2,15,16)/b12-8+. The fraction of sp³-hybridized carbons (Fsp3) is 0.462. The fourth-order valence-electron chi connectivity index (χ4n) is 2.42. The van der Waals surface area contributed by atoms with Crippen LogP contribution >= 0.6 is 15.9 Å². The first kappa shape index (κ1) is 12.4. The van der Waals surface area contributed by atoms with E-state index in [0.717, 1.165) is 10.0 Å². The minimum atomic E-state index is 0.549. The zero-order valence-electron chi connectivity index (χ0n) is 9.95. The van der Waals surface area contributed by atoms with Crippen LogP contribution in [-0.2, 0) is 4.74 Å². The highest BCUT2D eigenvalue weighted by molar-refractivity contribution is 9.10. The van der Waals surface area contributed by atoms with Crippen molar-refractivity contribution in [3.8, 4) is 0 Å². The monoisotopic (exact) mass is 296 g/mol. The molecule has 0 saturated heterocycles. The van der Waals surface area contributed by atoms with E-state index in [9.17, 15) is 0 Å². The minimum absolute atomic E-state index is 0.549. The van der Waals surface area contributed by atoms with E-state index in [2.05, 4.69) is 20.9 Å². The summed E-state index contributed by atoms with van der Waals surface area (Å²) in [6, 6.07) is 2.02. The second kappa shape index (κ2) is 5.54. The van der Waals surface area contributed by atoms with Crippen LogP contribution in [0.1, 0.15) is 31.2 Å². The van der Waals surface area contributed by atoms with E-state index >= 15 is 0 Å². The Kier molecular flexibility index (Phi) is 4.05. The molecule has 0 aliphatic heterocycles. The lowest BCUT2D eigenvalue weighted by Gasteiger charge is -2.16. The van der Waals surface area contributed by atoms with Crippen LogP contribution in [0.15, 0.2) is 23.0 Å². The number of nitrogens with zero attached hydrogens (tertiary/aromatic N) is 1. The van der Waals surface area contributed by atoms with Crippen LogP contribution in [0, 0.1) is 5.92 Å². The third kappa shape index (κ3) is 2.80. The number of methoxy groups -OCH3 is 1. The Labute approximate surface area is 110 Å². The lowest BCUT2D eigenvalue weighted by atomic mass is 9.92. The van der Waals surface area contributed by atoms with Gasteiger partial charge < -0.3 is 10.5 Å². The molecule has 3 nitrogen and oxygen atoms in total. The lowest BCUT2D eigenvalue weighted by Crippen LogP contribution is -2.04. The molecule has 1 saturated carbocycles. The maximum Gasteiger partial charge on any atom is 0.131 e. The molecule has 0 amide bonds. The Morgan fingerprint density at radius 3 is 2.88 bits per heavy atom. The van der Waals surface area contributed by atoms with Crippen LogP contribution in [0.2, 0.25) is 0 Å². The van der Waals surface area contributed by atoms with Crippen LogP contribution in [0.5, 0.6) is 0 Å². The Morgan fingerprint density at radius 1 is 1.53 bits per heavy atom. The molecular formula is C13H17BrN2O. The molecule has 2 N–H and O–H groups in total. The molecule has 1 aliphatic carbocycles. The van der Waals surface area contributed by atoms with Crippen molar-refractivity contribution in [1.29, 1.82) is 0 Å². The van der Waals surface area contributed by atoms with Gasteiger partial charge >= 0.3 is 0 Å². The normalized spacial score (nSPS) is 17.4. The van der Waals surface area contributed by atoms with Gasteiger partial charge in [-0.1, -0.05) is 12.8 Å². The first-order valence-corrected chi connectivity index (χ1v) is 6.66. The topological polar surface area (TPSA) is 48.1 Å². The molecule has 0 spiro atoms. The summed E-state index contributed by atoms with van der Waals surface area (Å²) in [7, 11) is 1.68. The van der Waals surface area contributed by atoms with Gasteiger partial charge in [0.2, 0.25) is 0 Å². The number of nitrogens with two attached hydrogens (primary N) is 1. The third-order valence-electron chi connectivity index (χ3n) is 3.24. The van der Waals surface area contributed by atoms with Gasteiger partial charge in [-0.3, -0.25) is 0 Å². The van der Waals surface area contributed by atoms with Crippen molar-refractivity contribution >= 4 is 27.3 Å². The Morgan fingerprint density at radius 2 is 2.24 bits per heavy atom. The van der Waals surface area contributed by atoms with E-state index in [1.165, 1.54) is 31.3 Å². The highest BCUT2D eigenvalue weighted by Gasteiger charge is 2.23. The van der Waals surface area contributed by atoms with Crippen molar-refractivity contribution in [2.45, 2.75) is 25.7 Å². The Bertz CT molecular complexity index is 425. The molecule has 1 heterocycles. The molecule has 17 heavy (non-hydrogen) atoms. The largest absolute Gasteiger partial charge is 0.504 e. The highest BCUT2D eigenvalue weighted by Crippen LogP contribution is 2.38. The summed E-state index contributed by atoms with van der Waals surface area (Å²) in [5.41, 5.74) is 8.13. The number of rotatable bonds is 3. The van der Waals surface area contributed by atoms with Gasteiger partial charge in [-0.2, -0.15) is 0 Å². The summed E-state index contributed by atoms with van der Waals surface area (Å²) >= 11 is 3.44. The average molecular weight is 297 g/mol.